The minimum absolute atomic E-state index is 0.699. The number of benzene rings is 2. The Labute approximate surface area is 175 Å². The minimum atomic E-state index is 0.699. The third kappa shape index (κ3) is 4.59. The van der Waals surface area contributed by atoms with Crippen LogP contribution in [0.25, 0.3) is 0 Å². The van der Waals surface area contributed by atoms with Gasteiger partial charge in [-0.05, 0) is 56.2 Å². The standard InChI is InChI=1S/C22H23ClN4S/c1-16-24-14-17(22(26-16)27-12-4-5-13-27)15-25-20-6-2-3-7-21(20)28-19-10-8-18(23)9-11-19/h2-3,6-11,14,25H,4-5,12-13,15H2,1H3. The lowest BCUT2D eigenvalue weighted by atomic mass is 10.2. The molecule has 2 heterocycles. The van der Waals surface area contributed by atoms with Gasteiger partial charge in [0.1, 0.15) is 11.6 Å². The van der Waals surface area contributed by atoms with Gasteiger partial charge >= 0.3 is 0 Å². The van der Waals surface area contributed by atoms with Gasteiger partial charge in [0.05, 0.1) is 0 Å². The van der Waals surface area contributed by atoms with E-state index >= 15 is 0 Å². The van der Waals surface area contributed by atoms with E-state index in [1.807, 2.05) is 37.4 Å². The van der Waals surface area contributed by atoms with Crippen LogP contribution in [-0.4, -0.2) is 23.1 Å². The van der Waals surface area contributed by atoms with Gasteiger partial charge in [-0.15, -0.1) is 0 Å². The molecule has 1 saturated heterocycles. The van der Waals surface area contributed by atoms with Crippen LogP contribution in [0.15, 0.2) is 64.5 Å². The maximum absolute atomic E-state index is 6.01. The molecule has 3 aromatic rings. The second kappa shape index (κ2) is 8.84. The molecule has 4 rings (SSSR count). The van der Waals surface area contributed by atoms with E-state index in [-0.39, 0.29) is 0 Å². The Morgan fingerprint density at radius 3 is 2.61 bits per heavy atom. The Morgan fingerprint density at radius 1 is 1.07 bits per heavy atom. The van der Waals surface area contributed by atoms with E-state index in [0.717, 1.165) is 45.9 Å². The Balaban J connectivity index is 1.52. The second-order valence-electron chi connectivity index (χ2n) is 6.87. The van der Waals surface area contributed by atoms with Gasteiger partial charge in [-0.1, -0.05) is 35.5 Å². The zero-order valence-corrected chi connectivity index (χ0v) is 17.4. The summed E-state index contributed by atoms with van der Waals surface area (Å²) in [5, 5.41) is 4.35. The molecule has 0 bridgehead atoms. The molecule has 1 fully saturated rings. The number of hydrogen-bond donors (Lipinski definition) is 1. The zero-order valence-electron chi connectivity index (χ0n) is 15.9. The third-order valence-electron chi connectivity index (χ3n) is 4.77. The van der Waals surface area contributed by atoms with Gasteiger partial charge in [-0.3, -0.25) is 0 Å². The lowest BCUT2D eigenvalue weighted by Crippen LogP contribution is -2.22. The van der Waals surface area contributed by atoms with Crippen molar-refractivity contribution in [1.29, 1.82) is 0 Å². The summed E-state index contributed by atoms with van der Waals surface area (Å²) in [6.45, 7) is 4.80. The van der Waals surface area contributed by atoms with Crippen LogP contribution in [-0.2, 0) is 6.54 Å². The maximum atomic E-state index is 6.01. The molecule has 0 radical (unpaired) electrons. The number of aromatic nitrogens is 2. The first kappa shape index (κ1) is 19.1. The van der Waals surface area contributed by atoms with Crippen LogP contribution in [0.4, 0.5) is 11.5 Å². The predicted octanol–water partition coefficient (Wildman–Crippen LogP) is 5.80. The number of para-hydroxylation sites is 1. The molecule has 1 aliphatic rings. The summed E-state index contributed by atoms with van der Waals surface area (Å²) in [5.41, 5.74) is 2.24. The molecule has 6 heteroatoms. The fourth-order valence-electron chi connectivity index (χ4n) is 3.33. The van der Waals surface area contributed by atoms with Crippen LogP contribution >= 0.6 is 23.4 Å². The van der Waals surface area contributed by atoms with Crippen LogP contribution in [0, 0.1) is 6.92 Å². The Hall–Kier alpha value is -2.24. The number of anilines is 2. The van der Waals surface area contributed by atoms with Gasteiger partial charge in [0.25, 0.3) is 0 Å². The molecule has 0 spiro atoms. The maximum Gasteiger partial charge on any atom is 0.137 e. The number of aryl methyl sites for hydroxylation is 1. The summed E-state index contributed by atoms with van der Waals surface area (Å²) in [7, 11) is 0. The van der Waals surface area contributed by atoms with E-state index in [1.54, 1.807) is 11.8 Å². The summed E-state index contributed by atoms with van der Waals surface area (Å²) in [5.74, 6) is 1.89. The SMILES string of the molecule is Cc1ncc(CNc2ccccc2Sc2ccc(Cl)cc2)c(N2CCCC2)n1. The van der Waals surface area contributed by atoms with Gasteiger partial charge in [0.2, 0.25) is 0 Å². The number of nitrogens with one attached hydrogen (secondary N) is 1. The lowest BCUT2D eigenvalue weighted by Gasteiger charge is -2.21. The van der Waals surface area contributed by atoms with Gasteiger partial charge < -0.3 is 10.2 Å². The van der Waals surface area contributed by atoms with Gasteiger partial charge in [-0.25, -0.2) is 9.97 Å². The molecular weight excluding hydrogens is 388 g/mol. The van der Waals surface area contributed by atoms with Crippen molar-refractivity contribution in [3.63, 3.8) is 0 Å². The topological polar surface area (TPSA) is 41.1 Å². The van der Waals surface area contributed by atoms with Crippen LogP contribution in [0.2, 0.25) is 5.02 Å². The largest absolute Gasteiger partial charge is 0.380 e. The number of halogens is 1. The quantitative estimate of drug-likeness (QED) is 0.556. The highest BCUT2D eigenvalue weighted by Crippen LogP contribution is 2.34. The van der Waals surface area contributed by atoms with Gasteiger partial charge in [-0.2, -0.15) is 0 Å². The molecule has 4 nitrogen and oxygen atoms in total. The van der Waals surface area contributed by atoms with E-state index in [2.05, 4.69) is 39.5 Å². The highest BCUT2D eigenvalue weighted by atomic mass is 35.5. The highest BCUT2D eigenvalue weighted by Gasteiger charge is 2.18. The smallest absolute Gasteiger partial charge is 0.137 e. The molecule has 1 aromatic heterocycles. The molecule has 0 amide bonds. The average Bonchev–Trinajstić information content (AvgIpc) is 3.24. The Morgan fingerprint density at radius 2 is 1.82 bits per heavy atom. The molecular formula is C22H23ClN4S. The van der Waals surface area contributed by atoms with Crippen molar-refractivity contribution in [2.45, 2.75) is 36.1 Å². The van der Waals surface area contributed by atoms with Crippen LogP contribution in [0.5, 0.6) is 0 Å². The average molecular weight is 411 g/mol. The Bertz CT molecular complexity index is 940. The molecule has 1 aliphatic heterocycles. The second-order valence-corrected chi connectivity index (χ2v) is 8.42. The van der Waals surface area contributed by atoms with Gasteiger partial charge in [0, 0.05) is 51.9 Å². The van der Waals surface area contributed by atoms with E-state index in [4.69, 9.17) is 16.6 Å². The van der Waals surface area contributed by atoms with E-state index in [1.165, 1.54) is 17.7 Å². The molecule has 1 N–H and O–H groups in total. The first-order valence-electron chi connectivity index (χ1n) is 9.53. The summed E-state index contributed by atoms with van der Waals surface area (Å²) in [6, 6.07) is 16.3. The van der Waals surface area contributed by atoms with Crippen molar-refractivity contribution in [3.8, 4) is 0 Å². The summed E-state index contributed by atoms with van der Waals surface area (Å²) < 4.78 is 0. The number of nitrogens with zero attached hydrogens (tertiary/aromatic N) is 3. The van der Waals surface area contributed by atoms with E-state index < -0.39 is 0 Å². The fourth-order valence-corrected chi connectivity index (χ4v) is 4.38. The highest BCUT2D eigenvalue weighted by molar-refractivity contribution is 7.99. The lowest BCUT2D eigenvalue weighted by molar-refractivity contribution is 0.882. The van der Waals surface area contributed by atoms with E-state index in [0.29, 0.717) is 6.54 Å². The molecule has 0 saturated carbocycles. The molecule has 28 heavy (non-hydrogen) atoms. The van der Waals surface area contributed by atoms with Crippen molar-refractivity contribution in [1.82, 2.24) is 9.97 Å². The molecule has 0 unspecified atom stereocenters. The van der Waals surface area contributed by atoms with Crippen molar-refractivity contribution < 1.29 is 0 Å². The summed E-state index contributed by atoms with van der Waals surface area (Å²) in [6.07, 6.45) is 4.42. The summed E-state index contributed by atoms with van der Waals surface area (Å²) >= 11 is 7.73. The van der Waals surface area contributed by atoms with Crippen LogP contribution < -0.4 is 10.2 Å². The molecule has 0 aliphatic carbocycles. The van der Waals surface area contributed by atoms with Crippen molar-refractivity contribution in [2.75, 3.05) is 23.3 Å². The number of hydrogen-bond acceptors (Lipinski definition) is 5. The molecule has 2 aromatic carbocycles. The van der Waals surface area contributed by atoms with Crippen LogP contribution in [0.1, 0.15) is 24.2 Å². The van der Waals surface area contributed by atoms with Crippen molar-refractivity contribution in [2.24, 2.45) is 0 Å². The monoisotopic (exact) mass is 410 g/mol. The summed E-state index contributed by atoms with van der Waals surface area (Å²) in [4.78, 5) is 13.9. The normalized spacial score (nSPS) is 13.7. The predicted molar refractivity (Wildman–Crippen MR) is 118 cm³/mol. The third-order valence-corrected chi connectivity index (χ3v) is 6.10. The van der Waals surface area contributed by atoms with E-state index in [9.17, 15) is 0 Å². The van der Waals surface area contributed by atoms with Crippen LogP contribution in [0.3, 0.4) is 0 Å². The minimum Gasteiger partial charge on any atom is -0.380 e. The first-order valence-corrected chi connectivity index (χ1v) is 10.7. The van der Waals surface area contributed by atoms with Gasteiger partial charge in [0.15, 0.2) is 0 Å². The number of rotatable bonds is 6. The van der Waals surface area contributed by atoms with Crippen molar-refractivity contribution in [3.05, 3.63) is 71.1 Å². The zero-order chi connectivity index (χ0) is 19.3. The first-order chi connectivity index (χ1) is 13.7. The Kier molecular flexibility index (Phi) is 6.03. The fraction of sp³-hybridized carbons (Fsp3) is 0.273. The van der Waals surface area contributed by atoms with Crippen molar-refractivity contribution >= 4 is 34.9 Å². The molecule has 0 atom stereocenters. The molecule has 144 valence electrons.